The van der Waals surface area contributed by atoms with Crippen molar-refractivity contribution >= 4 is 35.0 Å². The van der Waals surface area contributed by atoms with Gasteiger partial charge < -0.3 is 19.5 Å². The van der Waals surface area contributed by atoms with Crippen LogP contribution in [-0.2, 0) is 4.79 Å². The predicted molar refractivity (Wildman–Crippen MR) is 130 cm³/mol. The average molecular weight is 465 g/mol. The number of nitrogens with zero attached hydrogens (tertiary/aromatic N) is 1. The summed E-state index contributed by atoms with van der Waals surface area (Å²) in [4.78, 5) is 27.6. The molecule has 3 aromatic rings. The van der Waals surface area contributed by atoms with Gasteiger partial charge in [-0.25, -0.2) is 0 Å². The van der Waals surface area contributed by atoms with Gasteiger partial charge in [-0.3, -0.25) is 14.5 Å². The zero-order chi connectivity index (χ0) is 23.4. The molecule has 1 atom stereocenters. The van der Waals surface area contributed by atoms with Gasteiger partial charge in [-0.2, -0.15) is 0 Å². The minimum atomic E-state index is -0.332. The summed E-state index contributed by atoms with van der Waals surface area (Å²) in [6.07, 6.45) is 0. The van der Waals surface area contributed by atoms with E-state index in [1.165, 1.54) is 11.8 Å². The van der Waals surface area contributed by atoms with Crippen LogP contribution < -0.4 is 24.4 Å². The minimum absolute atomic E-state index is 0.0395. The number of rotatable bonds is 7. The van der Waals surface area contributed by atoms with E-state index < -0.39 is 0 Å². The van der Waals surface area contributed by atoms with Crippen molar-refractivity contribution in [2.45, 2.75) is 5.37 Å². The molecule has 0 saturated carbocycles. The number of benzene rings is 3. The van der Waals surface area contributed by atoms with E-state index in [9.17, 15) is 9.59 Å². The number of carbonyl (C=O) groups is 2. The van der Waals surface area contributed by atoms with Crippen LogP contribution in [0.25, 0.3) is 0 Å². The van der Waals surface area contributed by atoms with Crippen LogP contribution in [0.4, 0.5) is 11.4 Å². The number of ether oxygens (including phenoxy) is 3. The van der Waals surface area contributed by atoms with Crippen molar-refractivity contribution in [1.29, 1.82) is 0 Å². The molecule has 1 aliphatic rings. The predicted octanol–water partition coefficient (Wildman–Crippen LogP) is 4.74. The minimum Gasteiger partial charge on any atom is -0.497 e. The first-order valence-electron chi connectivity index (χ1n) is 10.3. The van der Waals surface area contributed by atoms with Crippen LogP contribution in [0.5, 0.6) is 17.2 Å². The van der Waals surface area contributed by atoms with Crippen molar-refractivity contribution in [2.75, 3.05) is 37.3 Å². The third-order valence-electron chi connectivity index (χ3n) is 5.32. The number of methoxy groups -OCH3 is 3. The van der Waals surface area contributed by atoms with Crippen LogP contribution in [0.1, 0.15) is 21.3 Å². The zero-order valence-corrected chi connectivity index (χ0v) is 19.3. The molecule has 0 unspecified atom stereocenters. The average Bonchev–Trinajstić information content (AvgIpc) is 3.24. The molecule has 0 aliphatic carbocycles. The Balaban J connectivity index is 1.68. The molecule has 1 saturated heterocycles. The highest BCUT2D eigenvalue weighted by Crippen LogP contribution is 2.47. The number of thioether (sulfide) groups is 1. The van der Waals surface area contributed by atoms with E-state index in [2.05, 4.69) is 5.32 Å². The molecule has 33 heavy (non-hydrogen) atoms. The Hall–Kier alpha value is -3.65. The number of nitrogens with one attached hydrogen (secondary N) is 1. The van der Waals surface area contributed by atoms with Crippen molar-refractivity contribution in [3.8, 4) is 17.2 Å². The van der Waals surface area contributed by atoms with Gasteiger partial charge >= 0.3 is 0 Å². The molecule has 2 amide bonds. The van der Waals surface area contributed by atoms with Crippen LogP contribution in [-0.4, -0.2) is 38.9 Å². The Bertz CT molecular complexity index is 1180. The van der Waals surface area contributed by atoms with Crippen molar-refractivity contribution in [1.82, 2.24) is 0 Å². The molecule has 0 radical (unpaired) electrons. The van der Waals surface area contributed by atoms with E-state index in [-0.39, 0.29) is 17.2 Å². The van der Waals surface area contributed by atoms with Crippen molar-refractivity contribution < 1.29 is 23.8 Å². The highest BCUT2D eigenvalue weighted by atomic mass is 32.2. The molecule has 0 aromatic heterocycles. The van der Waals surface area contributed by atoms with Crippen molar-refractivity contribution in [3.63, 3.8) is 0 Å². The lowest BCUT2D eigenvalue weighted by atomic mass is 10.1. The molecule has 1 aliphatic heterocycles. The molecule has 1 heterocycles. The highest BCUT2D eigenvalue weighted by molar-refractivity contribution is 8.00. The monoisotopic (exact) mass is 464 g/mol. The Kier molecular flexibility index (Phi) is 6.74. The Morgan fingerprint density at radius 1 is 0.939 bits per heavy atom. The summed E-state index contributed by atoms with van der Waals surface area (Å²) >= 11 is 1.50. The van der Waals surface area contributed by atoms with Crippen LogP contribution in [0.3, 0.4) is 0 Å². The number of hydrogen-bond acceptors (Lipinski definition) is 6. The van der Waals surface area contributed by atoms with Crippen LogP contribution in [0.15, 0.2) is 66.7 Å². The van der Waals surface area contributed by atoms with E-state index in [1.54, 1.807) is 62.6 Å². The maximum Gasteiger partial charge on any atom is 0.255 e. The van der Waals surface area contributed by atoms with Gasteiger partial charge in [0.25, 0.3) is 5.91 Å². The van der Waals surface area contributed by atoms with E-state index in [0.29, 0.717) is 39.9 Å². The SMILES string of the molecule is COc1cccc(C(=O)Nc2ccccc2[C@H]2SCC(=O)N2c2ccc(OC)cc2OC)c1. The molecule has 3 aromatic carbocycles. The fraction of sp³-hybridized carbons (Fsp3) is 0.200. The maximum atomic E-state index is 12.9. The maximum absolute atomic E-state index is 12.9. The molecule has 1 N–H and O–H groups in total. The third-order valence-corrected chi connectivity index (χ3v) is 6.52. The van der Waals surface area contributed by atoms with Crippen molar-refractivity contribution in [3.05, 3.63) is 77.9 Å². The van der Waals surface area contributed by atoms with Gasteiger partial charge in [-0.15, -0.1) is 11.8 Å². The summed E-state index contributed by atoms with van der Waals surface area (Å²) in [5.41, 5.74) is 2.58. The fourth-order valence-corrected chi connectivity index (χ4v) is 4.89. The smallest absolute Gasteiger partial charge is 0.255 e. The first-order chi connectivity index (χ1) is 16.0. The molecular formula is C25H24N2O5S. The number of carbonyl (C=O) groups excluding carboxylic acids is 2. The Morgan fingerprint density at radius 3 is 2.45 bits per heavy atom. The first kappa shape index (κ1) is 22.5. The molecule has 4 rings (SSSR count). The second-order valence-corrected chi connectivity index (χ2v) is 8.31. The van der Waals surface area contributed by atoms with E-state index >= 15 is 0 Å². The lowest BCUT2D eigenvalue weighted by Crippen LogP contribution is -2.29. The van der Waals surface area contributed by atoms with E-state index in [4.69, 9.17) is 14.2 Å². The lowest BCUT2D eigenvalue weighted by Gasteiger charge is -2.27. The standard InChI is InChI=1S/C25H24N2O5S/c1-30-17-8-6-7-16(13-17)24(29)26-20-10-5-4-9-19(20)25-27(23(28)15-33-25)21-12-11-18(31-2)14-22(21)32-3/h4-14,25H,15H2,1-3H3,(H,26,29)/t25-/m1/s1. The van der Waals surface area contributed by atoms with Crippen LogP contribution >= 0.6 is 11.8 Å². The fourth-order valence-electron chi connectivity index (χ4n) is 3.68. The molecule has 170 valence electrons. The second kappa shape index (κ2) is 9.87. The summed E-state index contributed by atoms with van der Waals surface area (Å²) in [6, 6.07) is 19.8. The third kappa shape index (κ3) is 4.61. The summed E-state index contributed by atoms with van der Waals surface area (Å²) in [6.45, 7) is 0. The van der Waals surface area contributed by atoms with Crippen LogP contribution in [0.2, 0.25) is 0 Å². The van der Waals surface area contributed by atoms with E-state index in [1.807, 2.05) is 30.3 Å². The van der Waals surface area contributed by atoms with E-state index in [0.717, 1.165) is 5.56 Å². The van der Waals surface area contributed by atoms with Gasteiger partial charge in [-0.05, 0) is 36.4 Å². The molecule has 8 heteroatoms. The number of amides is 2. The van der Waals surface area contributed by atoms with Gasteiger partial charge in [0.2, 0.25) is 5.91 Å². The van der Waals surface area contributed by atoms with Crippen LogP contribution in [0, 0.1) is 0 Å². The quantitative estimate of drug-likeness (QED) is 0.544. The summed E-state index contributed by atoms with van der Waals surface area (Å²) in [5, 5.41) is 2.66. The second-order valence-electron chi connectivity index (χ2n) is 7.24. The molecule has 7 nitrogen and oxygen atoms in total. The van der Waals surface area contributed by atoms with Crippen molar-refractivity contribution in [2.24, 2.45) is 0 Å². The van der Waals surface area contributed by atoms with Gasteiger partial charge in [0.05, 0.1) is 32.8 Å². The molecule has 0 bridgehead atoms. The molecule has 0 spiro atoms. The first-order valence-corrected chi connectivity index (χ1v) is 11.3. The van der Waals surface area contributed by atoms with Gasteiger partial charge in [-0.1, -0.05) is 24.3 Å². The van der Waals surface area contributed by atoms with Gasteiger partial charge in [0.15, 0.2) is 0 Å². The van der Waals surface area contributed by atoms with Gasteiger partial charge in [0, 0.05) is 22.9 Å². The largest absolute Gasteiger partial charge is 0.497 e. The summed E-state index contributed by atoms with van der Waals surface area (Å²) in [5.74, 6) is 1.79. The number of anilines is 2. The molecule has 1 fully saturated rings. The number of hydrogen-bond donors (Lipinski definition) is 1. The van der Waals surface area contributed by atoms with Gasteiger partial charge in [0.1, 0.15) is 22.6 Å². The highest BCUT2D eigenvalue weighted by Gasteiger charge is 2.37. The molecular weight excluding hydrogens is 440 g/mol. The Labute approximate surface area is 196 Å². The number of para-hydroxylation sites is 1. The lowest BCUT2D eigenvalue weighted by molar-refractivity contribution is -0.115. The topological polar surface area (TPSA) is 77.1 Å². The zero-order valence-electron chi connectivity index (χ0n) is 18.5. The summed E-state index contributed by atoms with van der Waals surface area (Å²) < 4.78 is 16.1. The normalized spacial score (nSPS) is 15.3. The summed E-state index contributed by atoms with van der Waals surface area (Å²) in [7, 11) is 4.70. The Morgan fingerprint density at radius 2 is 1.70 bits per heavy atom.